The summed E-state index contributed by atoms with van der Waals surface area (Å²) in [5.41, 5.74) is 0. The number of hydrogen-bond acceptors (Lipinski definition) is 2. The van der Waals surface area contributed by atoms with E-state index in [9.17, 15) is 4.79 Å². The van der Waals surface area contributed by atoms with Crippen molar-refractivity contribution in [2.24, 2.45) is 0 Å². The van der Waals surface area contributed by atoms with E-state index in [2.05, 4.69) is 4.74 Å². The number of rotatable bonds is 10. The van der Waals surface area contributed by atoms with Crippen LogP contribution in [0.5, 0.6) is 0 Å². The lowest BCUT2D eigenvalue weighted by Crippen LogP contribution is -2.11. The number of methoxy groups -OCH3 is 1. The smallest absolute Gasteiger partial charge is 0.305 e. The third kappa shape index (κ3) is 14.8. The molecule has 0 aromatic rings. The lowest BCUT2D eigenvalue weighted by atomic mass is 10.1. The van der Waals surface area contributed by atoms with Crippen LogP contribution in [0.25, 0.3) is 0 Å². The zero-order valence-electron chi connectivity index (χ0n) is 11.3. The third-order valence-electron chi connectivity index (χ3n) is 2.83. The molecule has 114 valence electrons. The van der Waals surface area contributed by atoms with Gasteiger partial charge in [0.1, 0.15) is 0 Å². The number of ether oxygens (including phenoxy) is 1. The van der Waals surface area contributed by atoms with Crippen molar-refractivity contribution in [3.8, 4) is 0 Å². The second kappa shape index (κ2) is 11.3. The molecule has 0 aromatic heterocycles. The van der Waals surface area contributed by atoms with Crippen molar-refractivity contribution >= 4 is 52.4 Å². The van der Waals surface area contributed by atoms with Crippen LogP contribution in [0.1, 0.15) is 57.8 Å². The van der Waals surface area contributed by atoms with Gasteiger partial charge in [-0.05, 0) is 12.8 Å². The first-order valence-corrected chi connectivity index (χ1v) is 8.20. The van der Waals surface area contributed by atoms with Crippen molar-refractivity contribution in [1.82, 2.24) is 0 Å². The van der Waals surface area contributed by atoms with Crippen LogP contribution in [-0.4, -0.2) is 22.2 Å². The highest BCUT2D eigenvalue weighted by atomic mass is 35.6. The minimum atomic E-state index is -1.25. The maximum atomic E-state index is 10.9. The molecule has 0 aromatic carbocycles. The van der Waals surface area contributed by atoms with Gasteiger partial charge in [0, 0.05) is 18.2 Å². The summed E-state index contributed by atoms with van der Waals surface area (Å²) in [4.78, 5) is 10.9. The van der Waals surface area contributed by atoms with Crippen LogP contribution in [0.15, 0.2) is 0 Å². The summed E-state index contributed by atoms with van der Waals surface area (Å²) in [7, 11) is 1.42. The molecule has 0 amide bonds. The fourth-order valence-corrected chi connectivity index (χ4v) is 2.98. The second-order valence-electron chi connectivity index (χ2n) is 4.65. The van der Waals surface area contributed by atoms with Crippen LogP contribution >= 0.6 is 46.4 Å². The molecule has 0 spiro atoms. The van der Waals surface area contributed by atoms with Gasteiger partial charge in [-0.25, -0.2) is 0 Å². The predicted octanol–water partition coefficient (Wildman–Crippen LogP) is 5.65. The number of esters is 1. The van der Waals surface area contributed by atoms with Crippen molar-refractivity contribution in [1.29, 1.82) is 0 Å². The molecule has 1 unspecified atom stereocenters. The van der Waals surface area contributed by atoms with E-state index in [1.807, 2.05) is 0 Å². The Morgan fingerprint density at radius 1 is 1.05 bits per heavy atom. The number of unbranched alkanes of at least 4 members (excludes halogenated alkanes) is 5. The normalized spacial score (nSPS) is 13.3. The lowest BCUT2D eigenvalue weighted by Gasteiger charge is -2.15. The van der Waals surface area contributed by atoms with E-state index in [1.54, 1.807) is 0 Å². The van der Waals surface area contributed by atoms with Crippen molar-refractivity contribution in [2.45, 2.75) is 67.0 Å². The van der Waals surface area contributed by atoms with E-state index >= 15 is 0 Å². The summed E-state index contributed by atoms with van der Waals surface area (Å²) < 4.78 is 3.33. The Hall–Kier alpha value is 0.630. The molecule has 0 fully saturated rings. The van der Waals surface area contributed by atoms with Gasteiger partial charge >= 0.3 is 5.97 Å². The summed E-state index contributed by atoms with van der Waals surface area (Å²) in [6.45, 7) is 0. The number of carbonyl (C=O) groups is 1. The van der Waals surface area contributed by atoms with E-state index in [0.29, 0.717) is 12.8 Å². The topological polar surface area (TPSA) is 26.3 Å². The van der Waals surface area contributed by atoms with E-state index in [1.165, 1.54) is 7.11 Å². The van der Waals surface area contributed by atoms with Crippen LogP contribution in [0.4, 0.5) is 0 Å². The highest BCUT2D eigenvalue weighted by molar-refractivity contribution is 6.67. The maximum absolute atomic E-state index is 10.9. The zero-order valence-corrected chi connectivity index (χ0v) is 14.3. The van der Waals surface area contributed by atoms with Gasteiger partial charge in [-0.2, -0.15) is 0 Å². The molecule has 0 radical (unpaired) electrons. The molecule has 0 heterocycles. The first kappa shape index (κ1) is 19.6. The Bertz CT molecular complexity index is 241. The maximum Gasteiger partial charge on any atom is 0.305 e. The zero-order chi connectivity index (χ0) is 14.7. The molecule has 19 heavy (non-hydrogen) atoms. The van der Waals surface area contributed by atoms with Crippen molar-refractivity contribution < 1.29 is 9.53 Å². The highest BCUT2D eigenvalue weighted by Gasteiger charge is 2.23. The van der Waals surface area contributed by atoms with Crippen molar-refractivity contribution in [2.75, 3.05) is 7.11 Å². The third-order valence-corrected chi connectivity index (χ3v) is 3.66. The van der Waals surface area contributed by atoms with Crippen LogP contribution in [0.2, 0.25) is 0 Å². The van der Waals surface area contributed by atoms with Gasteiger partial charge in [-0.1, -0.05) is 66.9 Å². The van der Waals surface area contributed by atoms with Gasteiger partial charge < -0.3 is 4.74 Å². The molecule has 0 saturated heterocycles. The van der Waals surface area contributed by atoms with E-state index in [-0.39, 0.29) is 11.3 Å². The second-order valence-corrected chi connectivity index (χ2v) is 7.79. The summed E-state index contributed by atoms with van der Waals surface area (Å²) >= 11 is 23.1. The van der Waals surface area contributed by atoms with Crippen molar-refractivity contribution in [3.63, 3.8) is 0 Å². The fourth-order valence-electron chi connectivity index (χ4n) is 1.80. The fraction of sp³-hybridized carbons (Fsp3) is 0.923. The molecular weight excluding hydrogens is 330 g/mol. The molecule has 0 N–H and O–H groups in total. The number of hydrogen-bond donors (Lipinski definition) is 0. The standard InChI is InChI=1S/C13H22Cl4O2/c1-19-12(18)9-7-5-3-2-4-6-8-11(14)10-13(15,16)17/h11H,2-10H2,1H3. The van der Waals surface area contributed by atoms with E-state index in [0.717, 1.165) is 44.9 Å². The minimum absolute atomic E-state index is 0.0770. The van der Waals surface area contributed by atoms with E-state index < -0.39 is 3.79 Å². The Morgan fingerprint density at radius 3 is 2.11 bits per heavy atom. The first-order valence-electron chi connectivity index (χ1n) is 6.63. The molecule has 1 atom stereocenters. The van der Waals surface area contributed by atoms with Gasteiger partial charge in [-0.15, -0.1) is 11.6 Å². The summed E-state index contributed by atoms with van der Waals surface area (Å²) in [5, 5.41) is -0.0770. The Morgan fingerprint density at radius 2 is 1.58 bits per heavy atom. The summed E-state index contributed by atoms with van der Waals surface area (Å²) in [6, 6.07) is 0. The van der Waals surface area contributed by atoms with Gasteiger partial charge in [-0.3, -0.25) is 4.79 Å². The van der Waals surface area contributed by atoms with Gasteiger partial charge in [0.05, 0.1) is 7.11 Å². The number of carbonyl (C=O) groups excluding carboxylic acids is 1. The number of alkyl halides is 4. The van der Waals surface area contributed by atoms with Gasteiger partial charge in [0.15, 0.2) is 3.79 Å². The Kier molecular flexibility index (Phi) is 11.7. The predicted molar refractivity (Wildman–Crippen MR) is 83.5 cm³/mol. The van der Waals surface area contributed by atoms with Crippen LogP contribution in [0.3, 0.4) is 0 Å². The Balaban J connectivity index is 3.29. The van der Waals surface area contributed by atoms with Crippen LogP contribution in [0, 0.1) is 0 Å². The molecule has 6 heteroatoms. The molecule has 0 aliphatic heterocycles. The molecule has 2 nitrogen and oxygen atoms in total. The van der Waals surface area contributed by atoms with Gasteiger partial charge in [0.25, 0.3) is 0 Å². The molecule has 0 aliphatic rings. The molecule has 0 bridgehead atoms. The minimum Gasteiger partial charge on any atom is -0.469 e. The first-order chi connectivity index (χ1) is 8.85. The monoisotopic (exact) mass is 350 g/mol. The SMILES string of the molecule is COC(=O)CCCCCCCCC(Cl)CC(Cl)(Cl)Cl. The van der Waals surface area contributed by atoms with Crippen LogP contribution < -0.4 is 0 Å². The highest BCUT2D eigenvalue weighted by Crippen LogP contribution is 2.34. The molecule has 0 aliphatic carbocycles. The summed E-state index contributed by atoms with van der Waals surface area (Å²) in [5.74, 6) is -0.128. The average Bonchev–Trinajstić information content (AvgIpc) is 2.29. The molecule has 0 saturated carbocycles. The molecular formula is C13H22Cl4O2. The van der Waals surface area contributed by atoms with Crippen molar-refractivity contribution in [3.05, 3.63) is 0 Å². The van der Waals surface area contributed by atoms with Crippen LogP contribution in [-0.2, 0) is 9.53 Å². The van der Waals surface area contributed by atoms with E-state index in [4.69, 9.17) is 46.4 Å². The molecule has 0 rings (SSSR count). The van der Waals surface area contributed by atoms with Gasteiger partial charge in [0.2, 0.25) is 0 Å². The average molecular weight is 352 g/mol. The quantitative estimate of drug-likeness (QED) is 0.289. The lowest BCUT2D eigenvalue weighted by molar-refractivity contribution is -0.140. The summed E-state index contributed by atoms with van der Waals surface area (Å²) in [6.07, 6.45) is 8.20. The Labute approximate surface area is 136 Å². The number of halogens is 4. The largest absolute Gasteiger partial charge is 0.469 e.